The van der Waals surface area contributed by atoms with E-state index in [1.807, 2.05) is 13.8 Å². The number of nitrogen functional groups attached to an aromatic ring is 1. The predicted molar refractivity (Wildman–Crippen MR) is 72.5 cm³/mol. The van der Waals surface area contributed by atoms with Crippen molar-refractivity contribution in [2.75, 3.05) is 5.73 Å². The summed E-state index contributed by atoms with van der Waals surface area (Å²) in [5.41, 5.74) is 12.4. The van der Waals surface area contributed by atoms with Crippen molar-refractivity contribution in [2.45, 2.75) is 19.9 Å². The maximum atomic E-state index is 12.0. The molecule has 0 unspecified atom stereocenters. The zero-order valence-electron chi connectivity index (χ0n) is 10.6. The first-order valence-electron chi connectivity index (χ1n) is 5.72. The number of nitrogens with one attached hydrogen (secondary N) is 2. The molecular weight excluding hydrogens is 246 g/mol. The molecule has 2 heterocycles. The van der Waals surface area contributed by atoms with Crippen LogP contribution in [0.4, 0.5) is 5.82 Å². The van der Waals surface area contributed by atoms with Crippen LogP contribution in [0.5, 0.6) is 0 Å². The number of nitrogens with zero attached hydrogens (tertiary/aromatic N) is 3. The molecule has 0 atom stereocenters. The molecule has 2 aromatic heterocycles. The summed E-state index contributed by atoms with van der Waals surface area (Å²) in [7, 11) is 0. The molecule has 100 valence electrons. The molecule has 6 N–H and O–H groups in total. The molecule has 19 heavy (non-hydrogen) atoms. The van der Waals surface area contributed by atoms with Crippen molar-refractivity contribution in [2.24, 2.45) is 10.7 Å². The minimum Gasteiger partial charge on any atom is -0.382 e. The number of hydrogen-bond donors (Lipinski definition) is 4. The van der Waals surface area contributed by atoms with Gasteiger partial charge in [0.1, 0.15) is 5.52 Å². The average Bonchev–Trinajstić information content (AvgIpc) is 2.73. The number of aliphatic imine (C=N–C) groups is 1. The Kier molecular flexibility index (Phi) is 3.32. The summed E-state index contributed by atoms with van der Waals surface area (Å²) in [5, 5.41) is 2.42. The van der Waals surface area contributed by atoms with Crippen LogP contribution in [0.3, 0.4) is 0 Å². The second kappa shape index (κ2) is 4.92. The molecule has 0 aliphatic heterocycles. The zero-order valence-corrected chi connectivity index (χ0v) is 10.6. The Labute approximate surface area is 109 Å². The van der Waals surface area contributed by atoms with E-state index in [2.05, 4.69) is 25.3 Å². The molecule has 0 aliphatic carbocycles. The van der Waals surface area contributed by atoms with Crippen LogP contribution in [0.1, 0.15) is 24.3 Å². The van der Waals surface area contributed by atoms with Crippen molar-refractivity contribution in [1.82, 2.24) is 20.3 Å². The summed E-state index contributed by atoms with van der Waals surface area (Å²) in [5.74, 6) is -0.477. The van der Waals surface area contributed by atoms with E-state index in [1.165, 1.54) is 0 Å². The van der Waals surface area contributed by atoms with Gasteiger partial charge < -0.3 is 16.5 Å². The van der Waals surface area contributed by atoms with Crippen LogP contribution in [-0.2, 0) is 0 Å². The van der Waals surface area contributed by atoms with Crippen LogP contribution < -0.4 is 16.8 Å². The van der Waals surface area contributed by atoms with Gasteiger partial charge in [-0.2, -0.15) is 0 Å². The Hall–Kier alpha value is -2.64. The van der Waals surface area contributed by atoms with Crippen molar-refractivity contribution in [3.05, 3.63) is 18.0 Å². The average molecular weight is 261 g/mol. The standard InChI is InChI=1S/C11H15N7O/c1-5(2)15-11(13)18-10(19)7-8(12)17-9-6(16-7)3-4-14-9/h3-5H,1-2H3,(H3,12,14,17)(H3,13,15,18,19). The molecule has 0 fully saturated rings. The largest absolute Gasteiger partial charge is 0.382 e. The number of amides is 1. The fourth-order valence-corrected chi connectivity index (χ4v) is 1.54. The van der Waals surface area contributed by atoms with Crippen LogP contribution in [0.25, 0.3) is 11.2 Å². The summed E-state index contributed by atoms with van der Waals surface area (Å²) in [6.45, 7) is 3.69. The van der Waals surface area contributed by atoms with Gasteiger partial charge in [-0.25, -0.2) is 9.97 Å². The van der Waals surface area contributed by atoms with E-state index in [0.29, 0.717) is 11.2 Å². The van der Waals surface area contributed by atoms with Crippen LogP contribution in [0, 0.1) is 0 Å². The third-order valence-corrected chi connectivity index (χ3v) is 2.26. The summed E-state index contributed by atoms with van der Waals surface area (Å²) in [6.07, 6.45) is 1.67. The second-order valence-electron chi connectivity index (χ2n) is 4.23. The Morgan fingerprint density at radius 3 is 2.89 bits per heavy atom. The molecule has 0 bridgehead atoms. The molecule has 0 saturated heterocycles. The van der Waals surface area contributed by atoms with Crippen molar-refractivity contribution in [1.29, 1.82) is 0 Å². The van der Waals surface area contributed by atoms with Gasteiger partial charge in [-0.1, -0.05) is 0 Å². The van der Waals surface area contributed by atoms with Gasteiger partial charge in [0.2, 0.25) is 0 Å². The number of hydrogen-bond acceptors (Lipinski definition) is 5. The Morgan fingerprint density at radius 2 is 2.21 bits per heavy atom. The number of carbonyl (C=O) groups excluding carboxylic acids is 1. The lowest BCUT2D eigenvalue weighted by Crippen LogP contribution is -2.38. The smallest absolute Gasteiger partial charge is 0.280 e. The van der Waals surface area contributed by atoms with Crippen LogP contribution in [0.15, 0.2) is 17.3 Å². The number of guanidine groups is 1. The maximum absolute atomic E-state index is 12.0. The Balaban J connectivity index is 2.28. The van der Waals surface area contributed by atoms with Gasteiger partial charge in [0.25, 0.3) is 5.91 Å². The summed E-state index contributed by atoms with van der Waals surface area (Å²) in [4.78, 5) is 27.0. The first-order valence-corrected chi connectivity index (χ1v) is 5.72. The quantitative estimate of drug-likeness (QED) is 0.445. The summed E-state index contributed by atoms with van der Waals surface area (Å²) >= 11 is 0. The summed E-state index contributed by atoms with van der Waals surface area (Å²) < 4.78 is 0. The van der Waals surface area contributed by atoms with Crippen molar-refractivity contribution >= 4 is 28.8 Å². The number of aromatic nitrogens is 3. The van der Waals surface area contributed by atoms with E-state index >= 15 is 0 Å². The molecule has 8 nitrogen and oxygen atoms in total. The van der Waals surface area contributed by atoms with E-state index in [9.17, 15) is 4.79 Å². The highest BCUT2D eigenvalue weighted by atomic mass is 16.2. The van der Waals surface area contributed by atoms with E-state index in [4.69, 9.17) is 11.5 Å². The van der Waals surface area contributed by atoms with E-state index in [0.717, 1.165) is 0 Å². The normalized spacial score (nSPS) is 12.1. The van der Waals surface area contributed by atoms with Gasteiger partial charge in [-0.05, 0) is 19.9 Å². The van der Waals surface area contributed by atoms with Gasteiger partial charge in [-0.15, -0.1) is 0 Å². The van der Waals surface area contributed by atoms with Crippen LogP contribution in [-0.4, -0.2) is 32.9 Å². The fraction of sp³-hybridized carbons (Fsp3) is 0.273. The molecule has 0 radical (unpaired) electrons. The molecular formula is C11H15N7O. The van der Waals surface area contributed by atoms with Crippen LogP contribution in [0.2, 0.25) is 0 Å². The Morgan fingerprint density at radius 1 is 1.47 bits per heavy atom. The van der Waals surface area contributed by atoms with E-state index in [1.54, 1.807) is 12.3 Å². The third-order valence-electron chi connectivity index (χ3n) is 2.26. The highest BCUT2D eigenvalue weighted by molar-refractivity contribution is 6.07. The fourth-order valence-electron chi connectivity index (χ4n) is 1.54. The van der Waals surface area contributed by atoms with Crippen molar-refractivity contribution in [3.8, 4) is 0 Å². The van der Waals surface area contributed by atoms with Gasteiger partial charge in [0.05, 0.1) is 0 Å². The lowest BCUT2D eigenvalue weighted by molar-refractivity contribution is 0.0972. The highest BCUT2D eigenvalue weighted by Gasteiger charge is 2.15. The summed E-state index contributed by atoms with van der Waals surface area (Å²) in [6, 6.07) is 1.68. The van der Waals surface area contributed by atoms with Crippen LogP contribution >= 0.6 is 0 Å². The molecule has 8 heteroatoms. The number of fused-ring (bicyclic) bond motifs is 1. The van der Waals surface area contributed by atoms with Crippen molar-refractivity contribution in [3.63, 3.8) is 0 Å². The lowest BCUT2D eigenvalue weighted by Gasteiger charge is -2.06. The molecule has 2 rings (SSSR count). The highest BCUT2D eigenvalue weighted by Crippen LogP contribution is 2.12. The lowest BCUT2D eigenvalue weighted by atomic mass is 10.3. The van der Waals surface area contributed by atoms with Gasteiger partial charge in [0.15, 0.2) is 23.1 Å². The minimum absolute atomic E-state index is 0.0177. The minimum atomic E-state index is -0.532. The van der Waals surface area contributed by atoms with Gasteiger partial charge in [0, 0.05) is 12.2 Å². The second-order valence-corrected chi connectivity index (χ2v) is 4.23. The molecule has 0 aliphatic rings. The Bertz CT molecular complexity index is 644. The van der Waals surface area contributed by atoms with E-state index < -0.39 is 5.91 Å². The molecule has 2 aromatic rings. The maximum Gasteiger partial charge on any atom is 0.280 e. The molecule has 0 aromatic carbocycles. The first kappa shape index (κ1) is 12.8. The SMILES string of the molecule is CC(C)N=C(N)NC(=O)c1nc2cc[nH]c2nc1N. The third kappa shape index (κ3) is 2.79. The molecule has 0 spiro atoms. The first-order chi connectivity index (χ1) is 8.97. The number of H-pyrrole nitrogens is 1. The number of nitrogens with two attached hydrogens (primary N) is 2. The molecule has 1 amide bonds. The zero-order chi connectivity index (χ0) is 14.0. The molecule has 0 saturated carbocycles. The number of aromatic amines is 1. The number of anilines is 1. The predicted octanol–water partition coefficient (Wildman–Crippen LogP) is -0.00700. The topological polar surface area (TPSA) is 135 Å². The van der Waals surface area contributed by atoms with E-state index in [-0.39, 0.29) is 23.5 Å². The number of rotatable bonds is 2. The van der Waals surface area contributed by atoms with Crippen molar-refractivity contribution < 1.29 is 4.79 Å². The number of carbonyl (C=O) groups is 1. The van der Waals surface area contributed by atoms with Gasteiger partial charge >= 0.3 is 0 Å². The monoisotopic (exact) mass is 261 g/mol. The van der Waals surface area contributed by atoms with Gasteiger partial charge in [-0.3, -0.25) is 15.1 Å².